The molecule has 0 radical (unpaired) electrons. The molecule has 1 unspecified atom stereocenters. The zero-order valence-corrected chi connectivity index (χ0v) is 14.2. The van der Waals surface area contributed by atoms with E-state index in [0.717, 1.165) is 31.1 Å². The van der Waals surface area contributed by atoms with Gasteiger partial charge in [-0.3, -0.25) is 4.68 Å². The smallest absolute Gasteiger partial charge is 0.0596 e. The van der Waals surface area contributed by atoms with Crippen molar-refractivity contribution in [3.05, 3.63) is 17.5 Å². The number of aromatic nitrogens is 2. The van der Waals surface area contributed by atoms with Gasteiger partial charge in [0.05, 0.1) is 5.69 Å². The van der Waals surface area contributed by atoms with E-state index in [1.807, 2.05) is 0 Å². The van der Waals surface area contributed by atoms with Crippen LogP contribution in [0.15, 0.2) is 6.07 Å². The minimum absolute atomic E-state index is 0.620. The molecule has 0 amide bonds. The molecule has 3 nitrogen and oxygen atoms in total. The van der Waals surface area contributed by atoms with E-state index in [1.54, 1.807) is 0 Å². The molecule has 21 heavy (non-hydrogen) atoms. The maximum Gasteiger partial charge on any atom is 0.0596 e. The van der Waals surface area contributed by atoms with Crippen LogP contribution in [-0.4, -0.2) is 22.4 Å². The van der Waals surface area contributed by atoms with Gasteiger partial charge in [0.15, 0.2) is 0 Å². The molecular weight excluding hydrogens is 258 g/mol. The highest BCUT2D eigenvalue weighted by atomic mass is 15.3. The first kappa shape index (κ1) is 16.5. The lowest BCUT2D eigenvalue weighted by atomic mass is 9.84. The van der Waals surface area contributed by atoms with Crippen LogP contribution in [0.5, 0.6) is 0 Å². The molecule has 0 spiro atoms. The van der Waals surface area contributed by atoms with Gasteiger partial charge in [0, 0.05) is 24.7 Å². The molecule has 1 fully saturated rings. The van der Waals surface area contributed by atoms with Gasteiger partial charge in [-0.2, -0.15) is 5.10 Å². The monoisotopic (exact) mass is 291 g/mol. The van der Waals surface area contributed by atoms with Gasteiger partial charge in [-0.15, -0.1) is 0 Å². The van der Waals surface area contributed by atoms with Crippen molar-refractivity contribution in [1.29, 1.82) is 0 Å². The molecule has 0 saturated heterocycles. The summed E-state index contributed by atoms with van der Waals surface area (Å²) in [6.45, 7) is 8.66. The average Bonchev–Trinajstić information content (AvgIpc) is 2.85. The van der Waals surface area contributed by atoms with Gasteiger partial charge in [0.25, 0.3) is 0 Å². The van der Waals surface area contributed by atoms with Crippen molar-refractivity contribution in [2.24, 2.45) is 5.92 Å². The van der Waals surface area contributed by atoms with Gasteiger partial charge >= 0.3 is 0 Å². The minimum atomic E-state index is 0.620. The second kappa shape index (κ2) is 8.57. The molecule has 1 aliphatic carbocycles. The fourth-order valence-corrected chi connectivity index (χ4v) is 3.70. The summed E-state index contributed by atoms with van der Waals surface area (Å²) in [4.78, 5) is 0. The minimum Gasteiger partial charge on any atom is -0.314 e. The Morgan fingerprint density at radius 3 is 2.71 bits per heavy atom. The summed E-state index contributed by atoms with van der Waals surface area (Å²) < 4.78 is 2.18. The van der Waals surface area contributed by atoms with Crippen LogP contribution in [0, 0.1) is 12.8 Å². The van der Waals surface area contributed by atoms with Crippen LogP contribution in [-0.2, 0) is 13.0 Å². The summed E-state index contributed by atoms with van der Waals surface area (Å²) in [6.07, 6.45) is 10.9. The predicted octanol–water partition coefficient (Wildman–Crippen LogP) is 4.09. The molecule has 0 aromatic carbocycles. The highest BCUT2D eigenvalue weighted by Gasteiger charge is 2.20. The second-order valence-electron chi connectivity index (χ2n) is 6.69. The average molecular weight is 291 g/mol. The zero-order chi connectivity index (χ0) is 15.1. The largest absolute Gasteiger partial charge is 0.314 e. The molecule has 3 heteroatoms. The van der Waals surface area contributed by atoms with E-state index >= 15 is 0 Å². The highest BCUT2D eigenvalue weighted by molar-refractivity contribution is 5.10. The Labute approximate surface area is 130 Å². The van der Waals surface area contributed by atoms with Crippen LogP contribution >= 0.6 is 0 Å². The Bertz CT molecular complexity index is 405. The number of nitrogens with zero attached hydrogens (tertiary/aromatic N) is 2. The molecular formula is C18H33N3. The van der Waals surface area contributed by atoms with Crippen LogP contribution < -0.4 is 5.32 Å². The maximum atomic E-state index is 4.60. The van der Waals surface area contributed by atoms with Crippen LogP contribution in [0.2, 0.25) is 0 Å². The molecule has 120 valence electrons. The second-order valence-corrected chi connectivity index (χ2v) is 6.69. The lowest BCUT2D eigenvalue weighted by molar-refractivity contribution is 0.294. The Kier molecular flexibility index (Phi) is 6.75. The van der Waals surface area contributed by atoms with E-state index in [1.165, 1.54) is 50.6 Å². The predicted molar refractivity (Wildman–Crippen MR) is 89.6 cm³/mol. The number of aryl methyl sites for hydroxylation is 2. The quantitative estimate of drug-likeness (QED) is 0.781. The Morgan fingerprint density at radius 1 is 1.29 bits per heavy atom. The van der Waals surface area contributed by atoms with E-state index < -0.39 is 0 Å². The molecule has 1 N–H and O–H groups in total. The van der Waals surface area contributed by atoms with Crippen LogP contribution in [0.25, 0.3) is 0 Å². The molecule has 2 rings (SSSR count). The van der Waals surface area contributed by atoms with Crippen molar-refractivity contribution in [3.8, 4) is 0 Å². The molecule has 1 saturated carbocycles. The van der Waals surface area contributed by atoms with Crippen molar-refractivity contribution < 1.29 is 0 Å². The number of hydrogen-bond donors (Lipinski definition) is 1. The summed E-state index contributed by atoms with van der Waals surface area (Å²) in [7, 11) is 0. The highest BCUT2D eigenvalue weighted by Crippen LogP contribution is 2.28. The number of nitrogens with one attached hydrogen (secondary N) is 1. The normalized spacial score (nSPS) is 18.0. The Balaban J connectivity index is 1.97. The first-order valence-corrected chi connectivity index (χ1v) is 8.99. The van der Waals surface area contributed by atoms with Gasteiger partial charge in [0.2, 0.25) is 0 Å². The lowest BCUT2D eigenvalue weighted by Gasteiger charge is -2.27. The SMILES string of the molecule is CCCNC(Cc1cc(C)nn1CC)CC1CCCCC1. The van der Waals surface area contributed by atoms with Gasteiger partial charge < -0.3 is 5.32 Å². The molecule has 1 aromatic heterocycles. The summed E-state index contributed by atoms with van der Waals surface area (Å²) in [5.74, 6) is 0.937. The van der Waals surface area contributed by atoms with E-state index in [4.69, 9.17) is 0 Å². The Morgan fingerprint density at radius 2 is 2.05 bits per heavy atom. The van der Waals surface area contributed by atoms with E-state index in [2.05, 4.69) is 41.9 Å². The standard InChI is InChI=1S/C18H33N3/c1-4-11-19-17(13-16-9-7-6-8-10-16)14-18-12-15(3)20-21(18)5-2/h12,16-17,19H,4-11,13-14H2,1-3H3. The maximum absolute atomic E-state index is 4.60. The van der Waals surface area contributed by atoms with Crippen molar-refractivity contribution in [3.63, 3.8) is 0 Å². The topological polar surface area (TPSA) is 29.9 Å². The van der Waals surface area contributed by atoms with Gasteiger partial charge in [-0.25, -0.2) is 0 Å². The van der Waals surface area contributed by atoms with Gasteiger partial charge in [-0.1, -0.05) is 39.0 Å². The Hall–Kier alpha value is -0.830. The third kappa shape index (κ3) is 5.14. The van der Waals surface area contributed by atoms with E-state index in [-0.39, 0.29) is 0 Å². The third-order valence-electron chi connectivity index (χ3n) is 4.77. The number of hydrogen-bond acceptors (Lipinski definition) is 2. The van der Waals surface area contributed by atoms with Crippen molar-refractivity contribution in [2.75, 3.05) is 6.54 Å². The van der Waals surface area contributed by atoms with E-state index in [9.17, 15) is 0 Å². The van der Waals surface area contributed by atoms with Crippen molar-refractivity contribution >= 4 is 0 Å². The van der Waals surface area contributed by atoms with E-state index in [0.29, 0.717) is 6.04 Å². The summed E-state index contributed by atoms with van der Waals surface area (Å²) >= 11 is 0. The lowest BCUT2D eigenvalue weighted by Crippen LogP contribution is -2.35. The molecule has 1 atom stereocenters. The molecule has 1 aromatic rings. The summed E-state index contributed by atoms with van der Waals surface area (Å²) in [6, 6.07) is 2.89. The fourth-order valence-electron chi connectivity index (χ4n) is 3.70. The molecule has 0 aliphatic heterocycles. The fraction of sp³-hybridized carbons (Fsp3) is 0.833. The summed E-state index contributed by atoms with van der Waals surface area (Å²) in [5.41, 5.74) is 2.55. The number of rotatable bonds is 8. The van der Waals surface area contributed by atoms with Crippen LogP contribution in [0.1, 0.15) is 70.2 Å². The van der Waals surface area contributed by atoms with Crippen LogP contribution in [0.4, 0.5) is 0 Å². The molecule has 1 aliphatic rings. The van der Waals surface area contributed by atoms with Crippen molar-refractivity contribution in [1.82, 2.24) is 15.1 Å². The molecule has 0 bridgehead atoms. The molecule has 1 heterocycles. The zero-order valence-electron chi connectivity index (χ0n) is 14.2. The first-order valence-electron chi connectivity index (χ1n) is 8.99. The first-order chi connectivity index (χ1) is 10.2. The summed E-state index contributed by atoms with van der Waals surface area (Å²) in [5, 5.41) is 8.38. The van der Waals surface area contributed by atoms with Gasteiger partial charge in [-0.05, 0) is 45.2 Å². The van der Waals surface area contributed by atoms with Crippen molar-refractivity contribution in [2.45, 2.75) is 84.7 Å². The van der Waals surface area contributed by atoms with Gasteiger partial charge in [0.1, 0.15) is 0 Å². The van der Waals surface area contributed by atoms with Crippen LogP contribution in [0.3, 0.4) is 0 Å². The third-order valence-corrected chi connectivity index (χ3v) is 4.77.